The third kappa shape index (κ3) is 3.68. The van der Waals surface area contributed by atoms with E-state index in [1.807, 2.05) is 20.9 Å². The smallest absolute Gasteiger partial charge is 0.246 e. The van der Waals surface area contributed by atoms with Gasteiger partial charge < -0.3 is 15.2 Å². The third-order valence-electron chi connectivity index (χ3n) is 3.49. The van der Waals surface area contributed by atoms with E-state index < -0.39 is 0 Å². The number of aromatic nitrogens is 2. The Morgan fingerprint density at radius 2 is 2.22 bits per heavy atom. The number of hydrogen-bond donors (Lipinski definition) is 2. The van der Waals surface area contributed by atoms with Crippen molar-refractivity contribution in [3.8, 4) is 11.5 Å². The first-order chi connectivity index (χ1) is 10.9. The summed E-state index contributed by atoms with van der Waals surface area (Å²) in [4.78, 5) is 16.0. The van der Waals surface area contributed by atoms with Gasteiger partial charge in [0.25, 0.3) is 0 Å². The van der Waals surface area contributed by atoms with Gasteiger partial charge in [-0.2, -0.15) is 5.10 Å². The number of phenols is 1. The number of aliphatic imine (C=N–C) groups is 1. The second-order valence-corrected chi connectivity index (χ2v) is 5.09. The van der Waals surface area contributed by atoms with Gasteiger partial charge in [-0.25, -0.2) is 0 Å². The Hall–Kier alpha value is -2.83. The van der Waals surface area contributed by atoms with Crippen LogP contribution in [-0.4, -0.2) is 40.7 Å². The van der Waals surface area contributed by atoms with E-state index in [9.17, 15) is 9.90 Å². The van der Waals surface area contributed by atoms with Crippen LogP contribution in [0, 0.1) is 13.8 Å². The molecule has 0 aliphatic heterocycles. The van der Waals surface area contributed by atoms with Crippen LogP contribution in [0.2, 0.25) is 0 Å². The molecular formula is C16H20N4O3. The Labute approximate surface area is 134 Å². The number of phenolic OH excluding ortho intramolecular Hbond substituents is 1. The van der Waals surface area contributed by atoms with Crippen molar-refractivity contribution in [2.45, 2.75) is 13.8 Å². The summed E-state index contributed by atoms with van der Waals surface area (Å²) in [5, 5.41) is 17.0. The van der Waals surface area contributed by atoms with Crippen LogP contribution >= 0.6 is 0 Å². The molecule has 0 saturated carbocycles. The van der Waals surface area contributed by atoms with E-state index in [1.54, 1.807) is 22.9 Å². The molecule has 0 spiro atoms. The lowest BCUT2D eigenvalue weighted by Gasteiger charge is -2.05. The van der Waals surface area contributed by atoms with Gasteiger partial charge in [0.2, 0.25) is 5.91 Å². The predicted octanol–water partition coefficient (Wildman–Crippen LogP) is 1.81. The molecule has 1 aromatic heterocycles. The van der Waals surface area contributed by atoms with E-state index >= 15 is 0 Å². The third-order valence-corrected chi connectivity index (χ3v) is 3.49. The number of carbonyl (C=O) groups excluding carboxylic acids is 1. The number of methoxy groups -OCH3 is 1. The summed E-state index contributed by atoms with van der Waals surface area (Å²) in [5.41, 5.74) is 2.83. The van der Waals surface area contributed by atoms with Gasteiger partial charge in [-0.15, -0.1) is 0 Å². The predicted molar refractivity (Wildman–Crippen MR) is 88.4 cm³/mol. The molecule has 0 aliphatic carbocycles. The van der Waals surface area contributed by atoms with Crippen molar-refractivity contribution in [1.29, 1.82) is 0 Å². The van der Waals surface area contributed by atoms with E-state index in [-0.39, 0.29) is 18.2 Å². The maximum absolute atomic E-state index is 12.0. The van der Waals surface area contributed by atoms with Gasteiger partial charge in [0.15, 0.2) is 11.5 Å². The summed E-state index contributed by atoms with van der Waals surface area (Å²) < 4.78 is 6.73. The monoisotopic (exact) mass is 316 g/mol. The van der Waals surface area contributed by atoms with Gasteiger partial charge in [-0.3, -0.25) is 14.5 Å². The molecule has 0 fully saturated rings. The van der Waals surface area contributed by atoms with Crippen molar-refractivity contribution in [1.82, 2.24) is 9.78 Å². The first-order valence-electron chi connectivity index (χ1n) is 7.10. The Balaban J connectivity index is 2.02. The van der Waals surface area contributed by atoms with Crippen LogP contribution in [0.4, 0.5) is 5.69 Å². The molecular weight excluding hydrogens is 296 g/mol. The quantitative estimate of drug-likeness (QED) is 0.823. The number of hydrogen-bond acceptors (Lipinski definition) is 5. The molecule has 23 heavy (non-hydrogen) atoms. The minimum Gasteiger partial charge on any atom is -0.504 e. The number of nitrogens with one attached hydrogen (secondary N) is 1. The molecule has 7 nitrogen and oxygen atoms in total. The number of aryl methyl sites for hydroxylation is 2. The van der Waals surface area contributed by atoms with Gasteiger partial charge in [-0.05, 0) is 26.0 Å². The SMILES string of the molecule is COc1cccc(C=NCC(=O)Nc2c(C)nn(C)c2C)c1O. The number of benzene rings is 1. The van der Waals surface area contributed by atoms with E-state index in [0.29, 0.717) is 17.0 Å². The fourth-order valence-corrected chi connectivity index (χ4v) is 2.17. The number of nitrogens with zero attached hydrogens (tertiary/aromatic N) is 3. The molecule has 0 radical (unpaired) electrons. The second-order valence-electron chi connectivity index (χ2n) is 5.09. The molecule has 1 amide bonds. The highest BCUT2D eigenvalue weighted by molar-refractivity contribution is 5.95. The average molecular weight is 316 g/mol. The van der Waals surface area contributed by atoms with Gasteiger partial charge in [0.05, 0.1) is 24.2 Å². The Kier molecular flexibility index (Phi) is 5.00. The molecule has 0 atom stereocenters. The van der Waals surface area contributed by atoms with E-state index in [0.717, 1.165) is 11.4 Å². The molecule has 1 aromatic carbocycles. The number of anilines is 1. The summed E-state index contributed by atoms with van der Waals surface area (Å²) >= 11 is 0. The normalized spacial score (nSPS) is 11.0. The highest BCUT2D eigenvalue weighted by Crippen LogP contribution is 2.28. The molecule has 2 rings (SSSR count). The van der Waals surface area contributed by atoms with Gasteiger partial charge in [0, 0.05) is 18.8 Å². The molecule has 0 saturated heterocycles. The largest absolute Gasteiger partial charge is 0.504 e. The van der Waals surface area contributed by atoms with Crippen molar-refractivity contribution >= 4 is 17.8 Å². The molecule has 2 N–H and O–H groups in total. The standard InChI is InChI=1S/C16H20N4O3/c1-10-15(11(2)20(3)19-10)18-14(21)9-17-8-12-6-5-7-13(23-4)16(12)22/h5-8,22H,9H2,1-4H3,(H,18,21). The lowest BCUT2D eigenvalue weighted by molar-refractivity contribution is -0.114. The highest BCUT2D eigenvalue weighted by Gasteiger charge is 2.12. The number of rotatable bonds is 5. The van der Waals surface area contributed by atoms with Crippen molar-refractivity contribution < 1.29 is 14.6 Å². The first-order valence-corrected chi connectivity index (χ1v) is 7.10. The molecule has 2 aromatic rings. The summed E-state index contributed by atoms with van der Waals surface area (Å²) in [7, 11) is 3.30. The van der Waals surface area contributed by atoms with Crippen LogP contribution in [0.5, 0.6) is 11.5 Å². The van der Waals surface area contributed by atoms with Crippen LogP contribution < -0.4 is 10.1 Å². The van der Waals surface area contributed by atoms with E-state index in [4.69, 9.17) is 4.74 Å². The Bertz CT molecular complexity index is 750. The van der Waals surface area contributed by atoms with Crippen molar-refractivity contribution in [3.63, 3.8) is 0 Å². The number of para-hydroxylation sites is 1. The topological polar surface area (TPSA) is 88.7 Å². The summed E-state index contributed by atoms with van der Waals surface area (Å²) in [6.45, 7) is 3.66. The minimum atomic E-state index is -0.247. The molecule has 0 unspecified atom stereocenters. The van der Waals surface area contributed by atoms with Crippen LogP contribution in [-0.2, 0) is 11.8 Å². The average Bonchev–Trinajstić information content (AvgIpc) is 2.75. The van der Waals surface area contributed by atoms with E-state index in [1.165, 1.54) is 13.3 Å². The van der Waals surface area contributed by atoms with Crippen molar-refractivity contribution in [3.05, 3.63) is 35.2 Å². The number of ether oxygens (including phenoxy) is 1. The van der Waals surface area contributed by atoms with Crippen molar-refractivity contribution in [2.24, 2.45) is 12.0 Å². The Morgan fingerprint density at radius 1 is 1.48 bits per heavy atom. The molecule has 0 aliphatic rings. The van der Waals surface area contributed by atoms with Crippen LogP contribution in [0.3, 0.4) is 0 Å². The van der Waals surface area contributed by atoms with Crippen LogP contribution in [0.1, 0.15) is 17.0 Å². The zero-order valence-electron chi connectivity index (χ0n) is 13.6. The van der Waals surface area contributed by atoms with E-state index in [2.05, 4.69) is 15.4 Å². The second kappa shape index (κ2) is 6.95. The van der Waals surface area contributed by atoms with Gasteiger partial charge in [-0.1, -0.05) is 6.07 Å². The lowest BCUT2D eigenvalue weighted by Crippen LogP contribution is -2.16. The lowest BCUT2D eigenvalue weighted by atomic mass is 10.2. The summed E-state index contributed by atoms with van der Waals surface area (Å²) in [6, 6.07) is 5.07. The Morgan fingerprint density at radius 3 is 2.83 bits per heavy atom. The fraction of sp³-hybridized carbons (Fsp3) is 0.312. The summed E-state index contributed by atoms with van der Waals surface area (Å²) in [5.74, 6) is 0.112. The molecule has 0 bridgehead atoms. The molecule has 122 valence electrons. The number of amides is 1. The fourth-order valence-electron chi connectivity index (χ4n) is 2.17. The maximum atomic E-state index is 12.0. The van der Waals surface area contributed by atoms with Crippen LogP contribution in [0.25, 0.3) is 0 Å². The summed E-state index contributed by atoms with van der Waals surface area (Å²) in [6.07, 6.45) is 1.44. The maximum Gasteiger partial charge on any atom is 0.246 e. The highest BCUT2D eigenvalue weighted by atomic mass is 16.5. The van der Waals surface area contributed by atoms with Gasteiger partial charge in [0.1, 0.15) is 6.54 Å². The first kappa shape index (κ1) is 16.5. The zero-order valence-corrected chi connectivity index (χ0v) is 13.6. The molecule has 1 heterocycles. The molecule has 7 heteroatoms. The zero-order chi connectivity index (χ0) is 17.0. The van der Waals surface area contributed by atoms with Gasteiger partial charge >= 0.3 is 0 Å². The van der Waals surface area contributed by atoms with Crippen molar-refractivity contribution in [2.75, 3.05) is 19.0 Å². The van der Waals surface area contributed by atoms with Crippen LogP contribution in [0.15, 0.2) is 23.2 Å². The number of aromatic hydroxyl groups is 1. The minimum absolute atomic E-state index is 0.00175. The number of carbonyl (C=O) groups is 1.